The van der Waals surface area contributed by atoms with Crippen LogP contribution in [0.2, 0.25) is 0 Å². The van der Waals surface area contributed by atoms with Crippen molar-refractivity contribution in [2.75, 3.05) is 5.75 Å². The second kappa shape index (κ2) is 7.20. The molecule has 0 aromatic heterocycles. The Balaban J connectivity index is 1.80. The summed E-state index contributed by atoms with van der Waals surface area (Å²) in [4.78, 5) is 0. The van der Waals surface area contributed by atoms with Crippen LogP contribution in [0, 0.1) is 0 Å². The predicted molar refractivity (Wildman–Crippen MR) is 80.1 cm³/mol. The van der Waals surface area contributed by atoms with E-state index < -0.39 is 0 Å². The molecule has 0 aliphatic heterocycles. The number of aliphatic hydroxyl groups excluding tert-OH is 1. The molecule has 1 aliphatic rings. The molecule has 1 saturated carbocycles. The molecule has 2 rings (SSSR count). The molecule has 1 aliphatic carbocycles. The topological polar surface area (TPSA) is 20.2 Å². The summed E-state index contributed by atoms with van der Waals surface area (Å²) < 4.78 is 0. The van der Waals surface area contributed by atoms with Crippen molar-refractivity contribution in [3.63, 3.8) is 0 Å². The number of hydrogen-bond acceptors (Lipinski definition) is 2. The van der Waals surface area contributed by atoms with E-state index in [2.05, 4.69) is 31.2 Å². The summed E-state index contributed by atoms with van der Waals surface area (Å²) in [5.74, 6) is 0.843. The van der Waals surface area contributed by atoms with Crippen LogP contribution in [0.3, 0.4) is 0 Å². The molecular formula is C16H24OS. The first kappa shape index (κ1) is 14.0. The zero-order valence-corrected chi connectivity index (χ0v) is 12.1. The number of hydrogen-bond donors (Lipinski definition) is 1. The van der Waals surface area contributed by atoms with E-state index in [0.29, 0.717) is 0 Å². The van der Waals surface area contributed by atoms with Crippen LogP contribution < -0.4 is 0 Å². The van der Waals surface area contributed by atoms with Crippen molar-refractivity contribution in [3.05, 3.63) is 35.4 Å². The molecule has 1 nitrogen and oxygen atoms in total. The van der Waals surface area contributed by atoms with Crippen LogP contribution in [0.5, 0.6) is 0 Å². The molecule has 1 fully saturated rings. The minimum atomic E-state index is -0.303. The van der Waals surface area contributed by atoms with Crippen molar-refractivity contribution in [1.29, 1.82) is 0 Å². The maximum absolute atomic E-state index is 10.2. The molecular weight excluding hydrogens is 240 g/mol. The fourth-order valence-electron chi connectivity index (χ4n) is 2.53. The maximum atomic E-state index is 10.2. The van der Waals surface area contributed by atoms with E-state index in [1.807, 2.05) is 11.8 Å². The summed E-state index contributed by atoms with van der Waals surface area (Å²) >= 11 is 1.96. The molecule has 1 aromatic rings. The van der Waals surface area contributed by atoms with E-state index in [-0.39, 0.29) is 6.10 Å². The van der Waals surface area contributed by atoms with Crippen molar-refractivity contribution >= 4 is 11.8 Å². The van der Waals surface area contributed by atoms with Gasteiger partial charge in [-0.05, 0) is 30.4 Å². The zero-order chi connectivity index (χ0) is 12.8. The van der Waals surface area contributed by atoms with Gasteiger partial charge in [-0.2, -0.15) is 11.8 Å². The summed E-state index contributed by atoms with van der Waals surface area (Å²) in [5.41, 5.74) is 2.40. The SMILES string of the molecule is CCc1ccc(C(O)CSC2CCCCC2)cc1. The largest absolute Gasteiger partial charge is 0.388 e. The molecule has 0 spiro atoms. The number of rotatable bonds is 5. The Labute approximate surface area is 115 Å². The smallest absolute Gasteiger partial charge is 0.0880 e. The predicted octanol–water partition coefficient (Wildman–Crippen LogP) is 4.35. The highest BCUT2D eigenvalue weighted by Crippen LogP contribution is 2.31. The van der Waals surface area contributed by atoms with Gasteiger partial charge in [0.1, 0.15) is 0 Å². The van der Waals surface area contributed by atoms with Crippen molar-refractivity contribution in [2.45, 2.75) is 56.8 Å². The van der Waals surface area contributed by atoms with Gasteiger partial charge >= 0.3 is 0 Å². The highest BCUT2D eigenvalue weighted by molar-refractivity contribution is 7.99. The van der Waals surface area contributed by atoms with Gasteiger partial charge < -0.3 is 5.11 Å². The van der Waals surface area contributed by atoms with Gasteiger partial charge in [-0.3, -0.25) is 0 Å². The van der Waals surface area contributed by atoms with Crippen LogP contribution in [0.25, 0.3) is 0 Å². The quantitative estimate of drug-likeness (QED) is 0.853. The molecule has 1 atom stereocenters. The Bertz CT molecular complexity index is 341. The summed E-state index contributed by atoms with van der Waals surface area (Å²) in [6.45, 7) is 2.16. The summed E-state index contributed by atoms with van der Waals surface area (Å²) in [7, 11) is 0. The first-order valence-electron chi connectivity index (χ1n) is 7.18. The van der Waals surface area contributed by atoms with Crippen molar-refractivity contribution in [1.82, 2.24) is 0 Å². The number of aliphatic hydroxyl groups is 1. The number of aryl methyl sites for hydroxylation is 1. The van der Waals surface area contributed by atoms with E-state index >= 15 is 0 Å². The van der Waals surface area contributed by atoms with Crippen molar-refractivity contribution in [2.24, 2.45) is 0 Å². The summed E-state index contributed by atoms with van der Waals surface area (Å²) in [6, 6.07) is 8.41. The lowest BCUT2D eigenvalue weighted by atomic mass is 10.0. The molecule has 0 saturated heterocycles. The molecule has 0 amide bonds. The van der Waals surface area contributed by atoms with E-state index in [1.54, 1.807) is 0 Å². The molecule has 18 heavy (non-hydrogen) atoms. The highest BCUT2D eigenvalue weighted by atomic mass is 32.2. The molecule has 0 heterocycles. The van der Waals surface area contributed by atoms with Crippen molar-refractivity contribution in [3.8, 4) is 0 Å². The standard InChI is InChI=1S/C16H24OS/c1-2-13-8-10-14(11-9-13)16(17)12-18-15-6-4-3-5-7-15/h8-11,15-17H,2-7,12H2,1H3. The third kappa shape index (κ3) is 4.03. The van der Waals surface area contributed by atoms with Gasteiger partial charge in [-0.15, -0.1) is 0 Å². The van der Waals surface area contributed by atoms with Gasteiger partial charge in [0, 0.05) is 11.0 Å². The minimum Gasteiger partial charge on any atom is -0.388 e. The minimum absolute atomic E-state index is 0.303. The van der Waals surface area contributed by atoms with Crippen LogP contribution in [0.1, 0.15) is 56.3 Å². The summed E-state index contributed by atoms with van der Waals surface area (Å²) in [5, 5.41) is 11.0. The molecule has 0 radical (unpaired) electrons. The van der Waals surface area contributed by atoms with Gasteiger partial charge in [0.15, 0.2) is 0 Å². The second-order valence-corrected chi connectivity index (χ2v) is 6.54. The monoisotopic (exact) mass is 264 g/mol. The van der Waals surface area contributed by atoms with Crippen LogP contribution in [0.15, 0.2) is 24.3 Å². The van der Waals surface area contributed by atoms with Crippen LogP contribution in [-0.4, -0.2) is 16.1 Å². The molecule has 0 bridgehead atoms. The molecule has 100 valence electrons. The second-order valence-electron chi connectivity index (χ2n) is 5.20. The number of thioether (sulfide) groups is 1. The normalized spacial score (nSPS) is 18.8. The molecule has 1 aromatic carbocycles. The van der Waals surface area contributed by atoms with Gasteiger partial charge in [-0.25, -0.2) is 0 Å². The lowest BCUT2D eigenvalue weighted by Crippen LogP contribution is -2.11. The Morgan fingerprint density at radius 3 is 2.44 bits per heavy atom. The van der Waals surface area contributed by atoms with E-state index in [9.17, 15) is 5.11 Å². The maximum Gasteiger partial charge on any atom is 0.0880 e. The van der Waals surface area contributed by atoms with Gasteiger partial charge in [-0.1, -0.05) is 50.5 Å². The van der Waals surface area contributed by atoms with Gasteiger partial charge in [0.2, 0.25) is 0 Å². The Morgan fingerprint density at radius 1 is 1.17 bits per heavy atom. The van der Waals surface area contributed by atoms with Gasteiger partial charge in [0.25, 0.3) is 0 Å². The van der Waals surface area contributed by atoms with E-state index in [4.69, 9.17) is 0 Å². The first-order chi connectivity index (χ1) is 8.79. The zero-order valence-electron chi connectivity index (χ0n) is 11.3. The third-order valence-corrected chi connectivity index (χ3v) is 5.27. The highest BCUT2D eigenvalue weighted by Gasteiger charge is 2.16. The third-order valence-electron chi connectivity index (χ3n) is 3.81. The molecule has 1 N–H and O–H groups in total. The Morgan fingerprint density at radius 2 is 1.83 bits per heavy atom. The first-order valence-corrected chi connectivity index (χ1v) is 8.23. The van der Waals surface area contributed by atoms with Crippen molar-refractivity contribution < 1.29 is 5.11 Å². The van der Waals surface area contributed by atoms with Crippen LogP contribution in [0.4, 0.5) is 0 Å². The lowest BCUT2D eigenvalue weighted by Gasteiger charge is -2.22. The van der Waals surface area contributed by atoms with Crippen LogP contribution >= 0.6 is 11.8 Å². The average Bonchev–Trinajstić information content (AvgIpc) is 2.46. The van der Waals surface area contributed by atoms with E-state index in [0.717, 1.165) is 23.0 Å². The fourth-order valence-corrected chi connectivity index (χ4v) is 3.84. The van der Waals surface area contributed by atoms with Crippen LogP contribution in [-0.2, 0) is 6.42 Å². The fraction of sp³-hybridized carbons (Fsp3) is 0.625. The summed E-state index contributed by atoms with van der Waals surface area (Å²) in [6.07, 6.45) is 7.59. The lowest BCUT2D eigenvalue weighted by molar-refractivity contribution is 0.204. The van der Waals surface area contributed by atoms with Gasteiger partial charge in [0.05, 0.1) is 6.10 Å². The Kier molecular flexibility index (Phi) is 5.58. The average molecular weight is 264 g/mol. The number of benzene rings is 1. The van der Waals surface area contributed by atoms with E-state index in [1.165, 1.54) is 37.7 Å². The molecule has 1 unspecified atom stereocenters. The Hall–Kier alpha value is -0.470. The molecule has 2 heteroatoms.